The van der Waals surface area contributed by atoms with E-state index in [1.807, 2.05) is 70.2 Å². The second-order valence-corrected chi connectivity index (χ2v) is 4.97. The summed E-state index contributed by atoms with van der Waals surface area (Å²) in [6.45, 7) is 12.1. The van der Waals surface area contributed by atoms with Crippen LogP contribution >= 0.6 is 0 Å². The average Bonchev–Trinajstić information content (AvgIpc) is 2.64. The first-order valence-corrected chi connectivity index (χ1v) is 8.19. The summed E-state index contributed by atoms with van der Waals surface area (Å²) in [4.78, 5) is 4.31. The molecule has 0 amide bonds. The van der Waals surface area contributed by atoms with Crippen molar-refractivity contribution in [3.05, 3.63) is 77.6 Å². The summed E-state index contributed by atoms with van der Waals surface area (Å²) in [7, 11) is 0. The van der Waals surface area contributed by atoms with Gasteiger partial charge in [0, 0.05) is 11.8 Å². The van der Waals surface area contributed by atoms with Crippen LogP contribution in [0.2, 0.25) is 0 Å². The first kappa shape index (κ1) is 19.3. The molecule has 0 aliphatic carbocycles. The van der Waals surface area contributed by atoms with E-state index in [1.54, 1.807) is 6.20 Å². The summed E-state index contributed by atoms with van der Waals surface area (Å²) in [6.07, 6.45) is 2.50. The highest BCUT2D eigenvalue weighted by Crippen LogP contribution is 2.10. The monoisotopic (exact) mass is 322 g/mol. The van der Waals surface area contributed by atoms with Gasteiger partial charge in [0.05, 0.1) is 5.69 Å². The Morgan fingerprint density at radius 3 is 2.29 bits per heavy atom. The fraction of sp³-hybridized carbons (Fsp3) is 0.250. The van der Waals surface area contributed by atoms with E-state index in [4.69, 9.17) is 5.73 Å². The lowest BCUT2D eigenvalue weighted by atomic mass is 10.1. The molecule has 1 aromatic carbocycles. The standard InChI is InChI=1S/C18H20N4.C2H6/c1-4-14(3)17(16-7-5-6-12-20-16)21-22-18(19)15-10-8-13(2)9-11-15;1-2/h5-12H,3-4H2,1-2H3,(H2,19,22);1-2H3/b21-17+;. The van der Waals surface area contributed by atoms with Gasteiger partial charge in [-0.25, -0.2) is 0 Å². The number of hydrogen-bond acceptors (Lipinski definition) is 3. The lowest BCUT2D eigenvalue weighted by molar-refractivity contribution is 1.13. The maximum Gasteiger partial charge on any atom is 0.153 e. The van der Waals surface area contributed by atoms with E-state index in [-0.39, 0.29) is 0 Å². The van der Waals surface area contributed by atoms with Crippen LogP contribution in [0.25, 0.3) is 0 Å². The molecule has 0 unspecified atom stereocenters. The molecule has 0 aliphatic rings. The van der Waals surface area contributed by atoms with E-state index in [0.29, 0.717) is 11.5 Å². The van der Waals surface area contributed by atoms with Crippen LogP contribution in [0.3, 0.4) is 0 Å². The lowest BCUT2D eigenvalue weighted by Gasteiger charge is -2.06. The molecule has 0 saturated carbocycles. The molecule has 0 saturated heterocycles. The van der Waals surface area contributed by atoms with Crippen LogP contribution in [0.1, 0.15) is 44.0 Å². The number of benzene rings is 1. The zero-order valence-corrected chi connectivity index (χ0v) is 15.0. The Kier molecular flexibility index (Phi) is 8.13. The average molecular weight is 322 g/mol. The van der Waals surface area contributed by atoms with Gasteiger partial charge in [-0.05, 0) is 31.1 Å². The normalized spacial score (nSPS) is 11.5. The molecule has 0 radical (unpaired) electrons. The minimum atomic E-state index is 0.373. The number of hydrogen-bond donors (Lipinski definition) is 1. The number of aromatic nitrogens is 1. The Morgan fingerprint density at radius 2 is 1.75 bits per heavy atom. The predicted octanol–water partition coefficient (Wildman–Crippen LogP) is 4.49. The van der Waals surface area contributed by atoms with Crippen molar-refractivity contribution in [3.63, 3.8) is 0 Å². The molecule has 0 aliphatic heterocycles. The SMILES string of the molecule is C=C(CC)/C(=N\N=C(/N)c1ccc(C)cc1)c1ccccn1.CC. The molecule has 0 atom stereocenters. The van der Waals surface area contributed by atoms with Crippen LogP contribution in [0, 0.1) is 6.92 Å². The first-order valence-electron chi connectivity index (χ1n) is 8.19. The molecule has 2 aromatic rings. The van der Waals surface area contributed by atoms with Gasteiger partial charge in [0.1, 0.15) is 5.71 Å². The van der Waals surface area contributed by atoms with Crippen molar-refractivity contribution in [2.75, 3.05) is 0 Å². The topological polar surface area (TPSA) is 63.6 Å². The number of nitrogens with two attached hydrogens (primary N) is 1. The van der Waals surface area contributed by atoms with Crippen molar-refractivity contribution in [2.24, 2.45) is 15.9 Å². The predicted molar refractivity (Wildman–Crippen MR) is 103 cm³/mol. The van der Waals surface area contributed by atoms with Crippen molar-refractivity contribution in [1.29, 1.82) is 0 Å². The maximum absolute atomic E-state index is 6.01. The Balaban J connectivity index is 0.00000139. The van der Waals surface area contributed by atoms with Gasteiger partial charge >= 0.3 is 0 Å². The van der Waals surface area contributed by atoms with Gasteiger partial charge < -0.3 is 5.73 Å². The molecule has 24 heavy (non-hydrogen) atoms. The van der Waals surface area contributed by atoms with Gasteiger partial charge in [-0.15, -0.1) is 10.2 Å². The first-order chi connectivity index (χ1) is 11.6. The van der Waals surface area contributed by atoms with Gasteiger partial charge in [-0.3, -0.25) is 4.98 Å². The summed E-state index contributed by atoms with van der Waals surface area (Å²) in [5, 5.41) is 8.43. The minimum absolute atomic E-state index is 0.373. The number of amidine groups is 1. The molecule has 126 valence electrons. The summed E-state index contributed by atoms with van der Waals surface area (Å²) in [6, 6.07) is 13.5. The molecule has 1 heterocycles. The zero-order chi connectivity index (χ0) is 17.9. The van der Waals surface area contributed by atoms with Gasteiger partial charge in [0.15, 0.2) is 5.84 Å². The molecule has 0 fully saturated rings. The summed E-state index contributed by atoms with van der Waals surface area (Å²) in [5.74, 6) is 0.373. The van der Waals surface area contributed by atoms with Crippen molar-refractivity contribution in [1.82, 2.24) is 4.98 Å². The van der Waals surface area contributed by atoms with Crippen molar-refractivity contribution in [2.45, 2.75) is 34.1 Å². The van der Waals surface area contributed by atoms with E-state index in [2.05, 4.69) is 21.8 Å². The highest BCUT2D eigenvalue weighted by molar-refractivity contribution is 6.11. The second kappa shape index (κ2) is 10.1. The highest BCUT2D eigenvalue weighted by atomic mass is 15.2. The van der Waals surface area contributed by atoms with Crippen molar-refractivity contribution < 1.29 is 0 Å². The molecule has 0 bridgehead atoms. The molecule has 1 aromatic heterocycles. The highest BCUT2D eigenvalue weighted by Gasteiger charge is 2.08. The zero-order valence-electron chi connectivity index (χ0n) is 15.0. The minimum Gasteiger partial charge on any atom is -0.382 e. The summed E-state index contributed by atoms with van der Waals surface area (Å²) >= 11 is 0. The quantitative estimate of drug-likeness (QED) is 0.501. The van der Waals surface area contributed by atoms with Crippen LogP contribution in [0.5, 0.6) is 0 Å². The van der Waals surface area contributed by atoms with Crippen LogP contribution in [-0.2, 0) is 0 Å². The summed E-state index contributed by atoms with van der Waals surface area (Å²) < 4.78 is 0. The number of rotatable bonds is 5. The number of aryl methyl sites for hydroxylation is 1. The van der Waals surface area contributed by atoms with Crippen LogP contribution < -0.4 is 5.73 Å². The summed E-state index contributed by atoms with van der Waals surface area (Å²) in [5.41, 5.74) is 10.3. The molecular weight excluding hydrogens is 296 g/mol. The van der Waals surface area contributed by atoms with Crippen molar-refractivity contribution >= 4 is 11.5 Å². The molecule has 4 heteroatoms. The third-order valence-corrected chi connectivity index (χ3v) is 3.27. The van der Waals surface area contributed by atoms with Crippen molar-refractivity contribution in [3.8, 4) is 0 Å². The van der Waals surface area contributed by atoms with E-state index in [9.17, 15) is 0 Å². The van der Waals surface area contributed by atoms with E-state index >= 15 is 0 Å². The van der Waals surface area contributed by atoms with Gasteiger partial charge in [-0.1, -0.05) is 63.2 Å². The number of nitrogens with zero attached hydrogens (tertiary/aromatic N) is 3. The Hall–Kier alpha value is -2.75. The van der Waals surface area contributed by atoms with Gasteiger partial charge in [0.25, 0.3) is 0 Å². The fourth-order valence-corrected chi connectivity index (χ4v) is 1.86. The third kappa shape index (κ3) is 5.47. The number of pyridine rings is 1. The third-order valence-electron chi connectivity index (χ3n) is 3.27. The maximum atomic E-state index is 6.01. The van der Waals surface area contributed by atoms with Gasteiger partial charge in [0.2, 0.25) is 0 Å². The van der Waals surface area contributed by atoms with E-state index in [1.165, 1.54) is 5.56 Å². The molecule has 0 spiro atoms. The lowest BCUT2D eigenvalue weighted by Crippen LogP contribution is -2.13. The molecule has 4 nitrogen and oxygen atoms in total. The molecule has 2 N–H and O–H groups in total. The molecular formula is C20H26N4. The van der Waals surface area contributed by atoms with E-state index < -0.39 is 0 Å². The molecule has 2 rings (SSSR count). The fourth-order valence-electron chi connectivity index (χ4n) is 1.86. The Morgan fingerprint density at radius 1 is 1.08 bits per heavy atom. The smallest absolute Gasteiger partial charge is 0.153 e. The van der Waals surface area contributed by atoms with E-state index in [0.717, 1.165) is 23.3 Å². The number of allylic oxidation sites excluding steroid dienone is 1. The van der Waals surface area contributed by atoms with Crippen LogP contribution in [0.15, 0.2) is 71.0 Å². The van der Waals surface area contributed by atoms with Crippen LogP contribution in [0.4, 0.5) is 0 Å². The van der Waals surface area contributed by atoms with Crippen LogP contribution in [-0.4, -0.2) is 16.5 Å². The Labute approximate surface area is 144 Å². The van der Waals surface area contributed by atoms with Gasteiger partial charge in [-0.2, -0.15) is 0 Å². The Bertz CT molecular complexity index is 698. The second-order valence-electron chi connectivity index (χ2n) is 4.97. The largest absolute Gasteiger partial charge is 0.382 e.